The van der Waals surface area contributed by atoms with E-state index in [1.165, 1.54) is 0 Å². The van der Waals surface area contributed by atoms with Gasteiger partial charge in [0.2, 0.25) is 11.6 Å². The Balaban J connectivity index is 2.52. The molecular weight excluding hydrogens is 250 g/mol. The minimum atomic E-state index is -1.51. The number of rotatable bonds is 7. The van der Waals surface area contributed by atoms with Crippen LogP contribution in [-0.2, 0) is 0 Å². The number of benzene rings is 1. The first-order chi connectivity index (χ1) is 8.57. The summed E-state index contributed by atoms with van der Waals surface area (Å²) in [6, 6.07) is 0.150. The fourth-order valence-corrected chi connectivity index (χ4v) is 1.33. The van der Waals surface area contributed by atoms with Crippen molar-refractivity contribution in [1.29, 1.82) is 0 Å². The number of hydrogen-bond donors (Lipinski definition) is 1. The minimum Gasteiger partial charge on any atom is -0.486 e. The van der Waals surface area contributed by atoms with Gasteiger partial charge in [0.25, 0.3) is 0 Å². The van der Waals surface area contributed by atoms with Crippen LogP contribution >= 0.6 is 0 Å². The molecule has 1 rings (SSSR count). The largest absolute Gasteiger partial charge is 0.486 e. The molecule has 1 N–H and O–H groups in total. The molecule has 18 heavy (non-hydrogen) atoms. The first-order valence-corrected chi connectivity index (χ1v) is 5.74. The van der Waals surface area contributed by atoms with Crippen LogP contribution in [0, 0.1) is 23.3 Å². The Labute approximate surface area is 103 Å². The molecule has 1 aromatic carbocycles. The summed E-state index contributed by atoms with van der Waals surface area (Å²) in [5.74, 6) is -6.97. The lowest BCUT2D eigenvalue weighted by molar-refractivity contribution is 0.270. The molecule has 0 aliphatic rings. The van der Waals surface area contributed by atoms with Gasteiger partial charge in [0, 0.05) is 12.6 Å². The summed E-state index contributed by atoms with van der Waals surface area (Å²) < 4.78 is 56.6. The van der Waals surface area contributed by atoms with Crippen molar-refractivity contribution < 1.29 is 22.3 Å². The topological polar surface area (TPSA) is 21.3 Å². The Morgan fingerprint density at radius 3 is 2.22 bits per heavy atom. The van der Waals surface area contributed by atoms with Gasteiger partial charge in [-0.05, 0) is 13.0 Å². The zero-order valence-corrected chi connectivity index (χ0v) is 10.0. The van der Waals surface area contributed by atoms with Gasteiger partial charge in [-0.25, -0.2) is 8.78 Å². The van der Waals surface area contributed by atoms with Crippen LogP contribution in [0.3, 0.4) is 0 Å². The smallest absolute Gasteiger partial charge is 0.203 e. The molecule has 0 spiro atoms. The highest BCUT2D eigenvalue weighted by Gasteiger charge is 2.20. The first kappa shape index (κ1) is 14.8. The van der Waals surface area contributed by atoms with Crippen molar-refractivity contribution >= 4 is 0 Å². The summed E-state index contributed by atoms with van der Waals surface area (Å²) in [6.45, 7) is 3.05. The fourth-order valence-electron chi connectivity index (χ4n) is 1.33. The second-order valence-electron chi connectivity index (χ2n) is 3.75. The van der Waals surface area contributed by atoms with Gasteiger partial charge < -0.3 is 10.1 Å². The van der Waals surface area contributed by atoms with E-state index in [4.69, 9.17) is 4.74 Å². The van der Waals surface area contributed by atoms with Crippen LogP contribution in [0.2, 0.25) is 0 Å². The highest BCUT2D eigenvalue weighted by Crippen LogP contribution is 2.26. The molecule has 0 atom stereocenters. The van der Waals surface area contributed by atoms with Gasteiger partial charge in [-0.3, -0.25) is 0 Å². The molecule has 6 heteroatoms. The van der Waals surface area contributed by atoms with Crippen molar-refractivity contribution in [2.45, 2.75) is 19.8 Å². The van der Waals surface area contributed by atoms with Crippen molar-refractivity contribution in [3.05, 3.63) is 29.3 Å². The predicted molar refractivity (Wildman–Crippen MR) is 59.5 cm³/mol. The lowest BCUT2D eigenvalue weighted by Crippen LogP contribution is -2.22. The van der Waals surface area contributed by atoms with Crippen LogP contribution in [0.4, 0.5) is 17.6 Å². The van der Waals surface area contributed by atoms with E-state index in [0.717, 1.165) is 19.4 Å². The minimum absolute atomic E-state index is 0.0690. The average molecular weight is 265 g/mol. The van der Waals surface area contributed by atoms with Gasteiger partial charge in [0.05, 0.1) is 0 Å². The van der Waals surface area contributed by atoms with E-state index in [1.807, 2.05) is 6.92 Å². The van der Waals surface area contributed by atoms with E-state index < -0.39 is 29.0 Å². The summed E-state index contributed by atoms with van der Waals surface area (Å²) in [4.78, 5) is 0. The van der Waals surface area contributed by atoms with E-state index in [-0.39, 0.29) is 12.7 Å². The second-order valence-corrected chi connectivity index (χ2v) is 3.75. The Morgan fingerprint density at radius 1 is 1.06 bits per heavy atom. The third kappa shape index (κ3) is 3.87. The van der Waals surface area contributed by atoms with E-state index in [0.29, 0.717) is 6.54 Å². The lowest BCUT2D eigenvalue weighted by Gasteiger charge is -2.09. The summed E-state index contributed by atoms with van der Waals surface area (Å²) in [7, 11) is 0. The summed E-state index contributed by atoms with van der Waals surface area (Å²) >= 11 is 0. The molecule has 0 heterocycles. The van der Waals surface area contributed by atoms with Crippen LogP contribution < -0.4 is 10.1 Å². The molecule has 0 fully saturated rings. The molecule has 0 saturated heterocycles. The molecule has 1 aromatic rings. The number of hydrogen-bond acceptors (Lipinski definition) is 2. The van der Waals surface area contributed by atoms with Gasteiger partial charge in [0.1, 0.15) is 6.61 Å². The molecular formula is C12H15F4NO. The van der Waals surface area contributed by atoms with E-state index in [9.17, 15) is 17.6 Å². The van der Waals surface area contributed by atoms with Crippen molar-refractivity contribution in [1.82, 2.24) is 5.32 Å². The van der Waals surface area contributed by atoms with E-state index >= 15 is 0 Å². The summed E-state index contributed by atoms with van der Waals surface area (Å²) in [5, 5.41) is 2.97. The van der Waals surface area contributed by atoms with Gasteiger partial charge >= 0.3 is 0 Å². The molecule has 0 aromatic heterocycles. The lowest BCUT2D eigenvalue weighted by atomic mass is 10.3. The zero-order chi connectivity index (χ0) is 13.5. The molecule has 102 valence electrons. The SMILES string of the molecule is CCCCNCCOc1c(F)c(F)cc(F)c1F. The van der Waals surface area contributed by atoms with Crippen molar-refractivity contribution in [3.63, 3.8) is 0 Å². The second kappa shape index (κ2) is 7.20. The van der Waals surface area contributed by atoms with Gasteiger partial charge in [0.15, 0.2) is 17.4 Å². The molecule has 0 bridgehead atoms. The van der Waals surface area contributed by atoms with Gasteiger partial charge in [-0.2, -0.15) is 8.78 Å². The normalized spacial score (nSPS) is 10.7. The summed E-state index contributed by atoms with van der Waals surface area (Å²) in [5.41, 5.74) is 0. The number of unbranched alkanes of at least 4 members (excludes halogenated alkanes) is 1. The quantitative estimate of drug-likeness (QED) is 0.465. The molecule has 0 radical (unpaired) electrons. The number of nitrogens with one attached hydrogen (secondary N) is 1. The van der Waals surface area contributed by atoms with Crippen LogP contribution in [0.1, 0.15) is 19.8 Å². The third-order valence-electron chi connectivity index (χ3n) is 2.30. The monoisotopic (exact) mass is 265 g/mol. The molecule has 0 aliphatic carbocycles. The highest BCUT2D eigenvalue weighted by atomic mass is 19.2. The maximum Gasteiger partial charge on any atom is 0.203 e. The molecule has 0 saturated carbocycles. The van der Waals surface area contributed by atoms with Crippen LogP contribution in [0.5, 0.6) is 5.75 Å². The summed E-state index contributed by atoms with van der Waals surface area (Å²) in [6.07, 6.45) is 1.99. The van der Waals surface area contributed by atoms with E-state index in [2.05, 4.69) is 5.32 Å². The molecule has 0 amide bonds. The Hall–Kier alpha value is -1.30. The molecule has 0 unspecified atom stereocenters. The predicted octanol–water partition coefficient (Wildman–Crippen LogP) is 3.01. The Morgan fingerprint density at radius 2 is 1.67 bits per heavy atom. The Kier molecular flexibility index (Phi) is 5.91. The van der Waals surface area contributed by atoms with Gasteiger partial charge in [-0.15, -0.1) is 0 Å². The fraction of sp³-hybridized carbons (Fsp3) is 0.500. The average Bonchev–Trinajstić information content (AvgIpc) is 2.35. The van der Waals surface area contributed by atoms with Crippen molar-refractivity contribution in [2.75, 3.05) is 19.7 Å². The highest BCUT2D eigenvalue weighted by molar-refractivity contribution is 5.28. The van der Waals surface area contributed by atoms with Gasteiger partial charge in [-0.1, -0.05) is 13.3 Å². The van der Waals surface area contributed by atoms with E-state index in [1.54, 1.807) is 0 Å². The van der Waals surface area contributed by atoms with Crippen LogP contribution in [0.15, 0.2) is 6.07 Å². The van der Waals surface area contributed by atoms with Crippen molar-refractivity contribution in [2.24, 2.45) is 0 Å². The van der Waals surface area contributed by atoms with Crippen molar-refractivity contribution in [3.8, 4) is 5.75 Å². The first-order valence-electron chi connectivity index (χ1n) is 5.74. The standard InChI is InChI=1S/C12H15F4NO/c1-2-3-4-17-5-6-18-12-10(15)8(13)7-9(14)11(12)16/h7,17H,2-6H2,1H3. The maximum atomic E-state index is 13.1. The molecule has 2 nitrogen and oxygen atoms in total. The Bertz CT molecular complexity index is 372. The molecule has 0 aliphatic heterocycles. The van der Waals surface area contributed by atoms with Crippen LogP contribution in [0.25, 0.3) is 0 Å². The maximum absolute atomic E-state index is 13.1. The zero-order valence-electron chi connectivity index (χ0n) is 10.0. The number of halogens is 4. The third-order valence-corrected chi connectivity index (χ3v) is 2.30. The number of ether oxygens (including phenoxy) is 1. The van der Waals surface area contributed by atoms with Crippen LogP contribution in [-0.4, -0.2) is 19.7 Å².